The molecule has 5 heteroatoms. The van der Waals surface area contributed by atoms with Crippen molar-refractivity contribution in [3.63, 3.8) is 0 Å². The lowest BCUT2D eigenvalue weighted by Crippen LogP contribution is -2.15. The summed E-state index contributed by atoms with van der Waals surface area (Å²) in [6, 6.07) is 4.86. The van der Waals surface area contributed by atoms with Crippen molar-refractivity contribution in [2.45, 2.75) is 31.9 Å². The van der Waals surface area contributed by atoms with Crippen LogP contribution in [-0.4, -0.2) is 5.91 Å². The molecule has 2 nitrogen and oxygen atoms in total. The zero-order valence-corrected chi connectivity index (χ0v) is 9.42. The Hall–Kier alpha value is -1.52. The van der Waals surface area contributed by atoms with E-state index in [4.69, 9.17) is 5.73 Å². The van der Waals surface area contributed by atoms with Gasteiger partial charge in [-0.1, -0.05) is 19.1 Å². The molecule has 0 heterocycles. The maximum absolute atomic E-state index is 12.3. The first-order valence-electron chi connectivity index (χ1n) is 5.30. The Bertz CT molecular complexity index is 384. The average molecular weight is 245 g/mol. The molecule has 1 atom stereocenters. The third kappa shape index (κ3) is 3.76. The molecule has 0 aliphatic heterocycles. The highest BCUT2D eigenvalue weighted by Crippen LogP contribution is 2.31. The molecule has 0 fully saturated rings. The highest BCUT2D eigenvalue weighted by molar-refractivity contribution is 5.74. The van der Waals surface area contributed by atoms with E-state index < -0.39 is 17.6 Å². The van der Waals surface area contributed by atoms with Gasteiger partial charge in [0.05, 0.1) is 5.56 Å². The maximum Gasteiger partial charge on any atom is 0.416 e. The second kappa shape index (κ2) is 5.21. The van der Waals surface area contributed by atoms with Crippen LogP contribution in [0.4, 0.5) is 13.2 Å². The highest BCUT2D eigenvalue weighted by Gasteiger charge is 2.30. The van der Waals surface area contributed by atoms with Gasteiger partial charge >= 0.3 is 6.18 Å². The third-order valence-electron chi connectivity index (χ3n) is 2.65. The Labute approximate surface area is 97.6 Å². The third-order valence-corrected chi connectivity index (χ3v) is 2.65. The number of amides is 1. The highest BCUT2D eigenvalue weighted by atomic mass is 19.4. The normalized spacial score (nSPS) is 13.4. The van der Waals surface area contributed by atoms with Gasteiger partial charge in [0.1, 0.15) is 0 Å². The number of carbonyl (C=O) groups excluding carboxylic acids is 1. The number of hydrogen-bond acceptors (Lipinski definition) is 1. The number of carbonyl (C=O) groups is 1. The summed E-state index contributed by atoms with van der Waals surface area (Å²) in [5, 5.41) is 0. The van der Waals surface area contributed by atoms with Gasteiger partial charge < -0.3 is 5.73 Å². The predicted octanol–water partition coefficient (Wildman–Crippen LogP) is 3.07. The van der Waals surface area contributed by atoms with E-state index in [1.165, 1.54) is 12.1 Å². The van der Waals surface area contributed by atoms with Crippen LogP contribution in [0.3, 0.4) is 0 Å². The van der Waals surface area contributed by atoms with Crippen LogP contribution in [-0.2, 0) is 11.0 Å². The van der Waals surface area contributed by atoms with Crippen molar-refractivity contribution in [1.82, 2.24) is 0 Å². The molecule has 1 rings (SSSR count). The molecule has 0 aliphatic carbocycles. The lowest BCUT2D eigenvalue weighted by atomic mass is 9.92. The Morgan fingerprint density at radius 2 is 1.82 bits per heavy atom. The number of nitrogens with two attached hydrogens (primary N) is 1. The average Bonchev–Trinajstić information content (AvgIpc) is 2.24. The zero-order chi connectivity index (χ0) is 13.1. The lowest BCUT2D eigenvalue weighted by Gasteiger charge is -2.14. The summed E-state index contributed by atoms with van der Waals surface area (Å²) < 4.78 is 37.0. The SMILES string of the molecule is CCC(CC(N)=O)c1ccc(C(F)(F)F)cc1. The first kappa shape index (κ1) is 13.5. The van der Waals surface area contributed by atoms with E-state index in [9.17, 15) is 18.0 Å². The monoisotopic (exact) mass is 245 g/mol. The van der Waals surface area contributed by atoms with Gasteiger partial charge in [-0.15, -0.1) is 0 Å². The van der Waals surface area contributed by atoms with Crippen molar-refractivity contribution in [2.75, 3.05) is 0 Å². The molecule has 1 aromatic carbocycles. The molecule has 94 valence electrons. The van der Waals surface area contributed by atoms with Crippen LogP contribution in [0.5, 0.6) is 0 Å². The number of rotatable bonds is 4. The molecular weight excluding hydrogens is 231 g/mol. The fraction of sp³-hybridized carbons (Fsp3) is 0.417. The molecule has 0 aliphatic rings. The van der Waals surface area contributed by atoms with Crippen molar-refractivity contribution >= 4 is 5.91 Å². The van der Waals surface area contributed by atoms with Gasteiger partial charge in [-0.05, 0) is 30.0 Å². The van der Waals surface area contributed by atoms with E-state index in [2.05, 4.69) is 0 Å². The standard InChI is InChI=1S/C12H14F3NO/c1-2-8(7-11(16)17)9-3-5-10(6-4-9)12(13,14)15/h3-6,8H,2,7H2,1H3,(H2,16,17). The molecule has 0 radical (unpaired) electrons. The summed E-state index contributed by atoms with van der Waals surface area (Å²) >= 11 is 0. The molecular formula is C12H14F3NO. The van der Waals surface area contributed by atoms with Crippen molar-refractivity contribution in [3.05, 3.63) is 35.4 Å². The molecule has 0 spiro atoms. The van der Waals surface area contributed by atoms with Crippen molar-refractivity contribution in [3.8, 4) is 0 Å². The minimum absolute atomic E-state index is 0.116. The fourth-order valence-electron chi connectivity index (χ4n) is 1.69. The van der Waals surface area contributed by atoms with Gasteiger partial charge in [-0.25, -0.2) is 0 Å². The second-order valence-corrected chi connectivity index (χ2v) is 3.90. The fourth-order valence-corrected chi connectivity index (χ4v) is 1.69. The summed E-state index contributed by atoms with van der Waals surface area (Å²) in [6.07, 6.45) is -3.51. The van der Waals surface area contributed by atoms with Gasteiger partial charge in [-0.2, -0.15) is 13.2 Å². The Kier molecular flexibility index (Phi) is 4.15. The summed E-state index contributed by atoms with van der Waals surface area (Å²) in [5.74, 6) is -0.563. The van der Waals surface area contributed by atoms with E-state index in [0.717, 1.165) is 12.1 Å². The van der Waals surface area contributed by atoms with Crippen LogP contribution in [0.15, 0.2) is 24.3 Å². The minimum Gasteiger partial charge on any atom is -0.370 e. The number of alkyl halides is 3. The molecule has 17 heavy (non-hydrogen) atoms. The van der Waals surface area contributed by atoms with Crippen LogP contribution >= 0.6 is 0 Å². The molecule has 0 saturated heterocycles. The molecule has 1 aromatic rings. The molecule has 1 unspecified atom stereocenters. The van der Waals surface area contributed by atoms with Crippen molar-refractivity contribution in [1.29, 1.82) is 0 Å². The lowest BCUT2D eigenvalue weighted by molar-refractivity contribution is -0.137. The number of benzene rings is 1. The summed E-state index contributed by atoms with van der Waals surface area (Å²) in [5.41, 5.74) is 5.11. The van der Waals surface area contributed by atoms with Gasteiger partial charge in [-0.3, -0.25) is 4.79 Å². The first-order valence-corrected chi connectivity index (χ1v) is 5.30. The van der Waals surface area contributed by atoms with Gasteiger partial charge in [0, 0.05) is 6.42 Å². The van der Waals surface area contributed by atoms with Crippen molar-refractivity contribution < 1.29 is 18.0 Å². The zero-order valence-electron chi connectivity index (χ0n) is 9.42. The minimum atomic E-state index is -4.33. The molecule has 0 saturated carbocycles. The summed E-state index contributed by atoms with van der Waals surface area (Å²) in [7, 11) is 0. The second-order valence-electron chi connectivity index (χ2n) is 3.90. The van der Waals surface area contributed by atoms with Gasteiger partial charge in [0.25, 0.3) is 0 Å². The molecule has 0 bridgehead atoms. The summed E-state index contributed by atoms with van der Waals surface area (Å²) in [6.45, 7) is 1.87. The van der Waals surface area contributed by atoms with Crippen LogP contribution in [0.1, 0.15) is 36.8 Å². The van der Waals surface area contributed by atoms with E-state index in [-0.39, 0.29) is 12.3 Å². The van der Waals surface area contributed by atoms with Crippen LogP contribution in [0.2, 0.25) is 0 Å². The number of primary amides is 1. The smallest absolute Gasteiger partial charge is 0.370 e. The largest absolute Gasteiger partial charge is 0.416 e. The van der Waals surface area contributed by atoms with E-state index in [1.807, 2.05) is 6.92 Å². The summed E-state index contributed by atoms with van der Waals surface area (Å²) in [4.78, 5) is 10.8. The molecule has 0 aromatic heterocycles. The quantitative estimate of drug-likeness (QED) is 0.870. The van der Waals surface area contributed by atoms with E-state index in [1.54, 1.807) is 0 Å². The Balaban J connectivity index is 2.89. The van der Waals surface area contributed by atoms with Crippen molar-refractivity contribution in [2.24, 2.45) is 5.73 Å². The van der Waals surface area contributed by atoms with E-state index in [0.29, 0.717) is 12.0 Å². The Morgan fingerprint density at radius 1 is 1.29 bits per heavy atom. The maximum atomic E-state index is 12.3. The molecule has 1 amide bonds. The number of hydrogen-bond donors (Lipinski definition) is 1. The molecule has 2 N–H and O–H groups in total. The topological polar surface area (TPSA) is 43.1 Å². The van der Waals surface area contributed by atoms with Crippen LogP contribution in [0.25, 0.3) is 0 Å². The van der Waals surface area contributed by atoms with Crippen LogP contribution in [0, 0.1) is 0 Å². The predicted molar refractivity (Wildman–Crippen MR) is 58.3 cm³/mol. The van der Waals surface area contributed by atoms with Crippen LogP contribution < -0.4 is 5.73 Å². The van der Waals surface area contributed by atoms with Gasteiger partial charge in [0.15, 0.2) is 0 Å². The first-order chi connectivity index (χ1) is 7.84. The number of halogens is 3. The van der Waals surface area contributed by atoms with Gasteiger partial charge in [0.2, 0.25) is 5.91 Å². The van der Waals surface area contributed by atoms with E-state index >= 15 is 0 Å². The Morgan fingerprint density at radius 3 is 2.18 bits per heavy atom.